The molecule has 27 heavy (non-hydrogen) atoms. The average molecular weight is 371 g/mol. The van der Waals surface area contributed by atoms with Crippen molar-refractivity contribution in [2.24, 2.45) is 10.9 Å². The van der Waals surface area contributed by atoms with Crippen LogP contribution in [0.4, 0.5) is 0 Å². The molecule has 2 N–H and O–H groups in total. The maximum Gasteiger partial charge on any atom is 0.220 e. The fraction of sp³-hybridized carbons (Fsp3) is 0.550. The quantitative estimate of drug-likeness (QED) is 0.619. The number of rotatable bonds is 5. The first kappa shape index (κ1) is 19.2. The van der Waals surface area contributed by atoms with E-state index in [0.29, 0.717) is 12.3 Å². The number of carbonyl (C=O) groups excluding carboxylic acids is 1. The minimum Gasteiger partial charge on any atom is -0.359 e. The number of likely N-dealkylation sites (tertiary alicyclic amines) is 1. The van der Waals surface area contributed by atoms with E-state index in [9.17, 15) is 4.79 Å². The Morgan fingerprint density at radius 3 is 2.81 bits per heavy atom. The summed E-state index contributed by atoms with van der Waals surface area (Å²) < 4.78 is 2.08. The molecule has 0 saturated carbocycles. The summed E-state index contributed by atoms with van der Waals surface area (Å²) in [7, 11) is 3.53. The van der Waals surface area contributed by atoms with Gasteiger partial charge in [-0.3, -0.25) is 9.79 Å². The van der Waals surface area contributed by atoms with E-state index in [2.05, 4.69) is 44.1 Å². The minimum atomic E-state index is 0.138. The first-order valence-corrected chi connectivity index (χ1v) is 9.70. The fourth-order valence-electron chi connectivity index (χ4n) is 3.67. The van der Waals surface area contributed by atoms with Gasteiger partial charge in [-0.05, 0) is 37.3 Å². The third-order valence-corrected chi connectivity index (χ3v) is 5.27. The van der Waals surface area contributed by atoms with Gasteiger partial charge in [-0.1, -0.05) is 6.07 Å². The molecular weight excluding hydrogens is 340 g/mol. The van der Waals surface area contributed by atoms with E-state index in [1.54, 1.807) is 7.05 Å². The summed E-state index contributed by atoms with van der Waals surface area (Å²) in [6.45, 7) is 4.76. The van der Waals surface area contributed by atoms with Crippen molar-refractivity contribution in [2.75, 3.05) is 33.7 Å². The van der Waals surface area contributed by atoms with Gasteiger partial charge in [0.25, 0.3) is 0 Å². The number of nitrogens with one attached hydrogen (secondary N) is 2. The van der Waals surface area contributed by atoms with E-state index >= 15 is 0 Å². The molecule has 0 aromatic carbocycles. The van der Waals surface area contributed by atoms with Gasteiger partial charge in [-0.25, -0.2) is 4.98 Å². The molecule has 0 unspecified atom stereocenters. The number of carbonyl (C=O) groups is 1. The summed E-state index contributed by atoms with van der Waals surface area (Å²) >= 11 is 0. The van der Waals surface area contributed by atoms with E-state index in [1.165, 1.54) is 5.56 Å². The maximum atomic E-state index is 11.5. The summed E-state index contributed by atoms with van der Waals surface area (Å²) in [6, 6.07) is 4.13. The number of hydrogen-bond acceptors (Lipinski definition) is 3. The van der Waals surface area contributed by atoms with Gasteiger partial charge in [-0.15, -0.1) is 0 Å². The van der Waals surface area contributed by atoms with Crippen LogP contribution in [-0.4, -0.2) is 59.9 Å². The zero-order chi connectivity index (χ0) is 19.2. The second-order valence-corrected chi connectivity index (χ2v) is 7.19. The topological polar surface area (TPSA) is 74.0 Å². The molecule has 146 valence electrons. The zero-order valence-electron chi connectivity index (χ0n) is 16.5. The fourth-order valence-corrected chi connectivity index (χ4v) is 3.67. The molecule has 2 aromatic heterocycles. The number of hydrogen-bond donors (Lipinski definition) is 2. The number of aromatic nitrogens is 2. The second-order valence-electron chi connectivity index (χ2n) is 7.19. The number of nitrogens with zero attached hydrogens (tertiary/aromatic N) is 4. The molecule has 1 saturated heterocycles. The standard InChI is InChI=1S/C20H30N6O/c1-15-5-4-10-26-14-17(24-19(15)26)6-9-23-20(22-3)25-11-7-16(8-12-25)13-18(27)21-2/h4-5,10,14,16H,6-9,11-13H2,1-3H3,(H,21,27)(H,22,23). The number of fused-ring (bicyclic) bond motifs is 1. The molecule has 0 spiro atoms. The second kappa shape index (κ2) is 8.88. The molecule has 0 bridgehead atoms. The van der Waals surface area contributed by atoms with Crippen molar-refractivity contribution in [3.8, 4) is 0 Å². The van der Waals surface area contributed by atoms with Crippen LogP contribution in [0.5, 0.6) is 0 Å². The molecule has 1 aliphatic rings. The van der Waals surface area contributed by atoms with Crippen LogP contribution in [0.2, 0.25) is 0 Å². The predicted octanol–water partition coefficient (Wildman–Crippen LogP) is 1.61. The van der Waals surface area contributed by atoms with Crippen LogP contribution in [0.3, 0.4) is 0 Å². The molecule has 3 heterocycles. The van der Waals surface area contributed by atoms with Crippen LogP contribution < -0.4 is 10.6 Å². The molecule has 2 aromatic rings. The summed E-state index contributed by atoms with van der Waals surface area (Å²) in [4.78, 5) is 23.0. The van der Waals surface area contributed by atoms with Crippen LogP contribution in [-0.2, 0) is 11.2 Å². The predicted molar refractivity (Wildman–Crippen MR) is 108 cm³/mol. The number of piperidine rings is 1. The van der Waals surface area contributed by atoms with Gasteiger partial charge in [0.2, 0.25) is 5.91 Å². The van der Waals surface area contributed by atoms with E-state index in [4.69, 9.17) is 4.98 Å². The Bertz CT molecular complexity index is 804. The smallest absolute Gasteiger partial charge is 0.220 e. The highest BCUT2D eigenvalue weighted by Gasteiger charge is 2.22. The van der Waals surface area contributed by atoms with Crippen LogP contribution in [0.25, 0.3) is 5.65 Å². The van der Waals surface area contributed by atoms with Crippen LogP contribution in [0.1, 0.15) is 30.5 Å². The summed E-state index contributed by atoms with van der Waals surface area (Å²) in [5.41, 5.74) is 3.29. The minimum absolute atomic E-state index is 0.138. The van der Waals surface area contributed by atoms with Crippen LogP contribution in [0, 0.1) is 12.8 Å². The Morgan fingerprint density at radius 2 is 2.15 bits per heavy atom. The molecular formula is C20H30N6O. The van der Waals surface area contributed by atoms with Gasteiger partial charge in [0.15, 0.2) is 5.96 Å². The Labute approximate surface area is 160 Å². The Balaban J connectivity index is 1.48. The van der Waals surface area contributed by atoms with Crippen molar-refractivity contribution >= 4 is 17.5 Å². The molecule has 0 atom stereocenters. The highest BCUT2D eigenvalue weighted by atomic mass is 16.1. The average Bonchev–Trinajstić information content (AvgIpc) is 3.10. The lowest BCUT2D eigenvalue weighted by atomic mass is 9.93. The first-order valence-electron chi connectivity index (χ1n) is 9.70. The van der Waals surface area contributed by atoms with Gasteiger partial charge in [0.1, 0.15) is 5.65 Å². The summed E-state index contributed by atoms with van der Waals surface area (Å²) in [5.74, 6) is 1.55. The van der Waals surface area contributed by atoms with Crippen molar-refractivity contribution in [2.45, 2.75) is 32.6 Å². The van der Waals surface area contributed by atoms with E-state index in [-0.39, 0.29) is 5.91 Å². The van der Waals surface area contributed by atoms with Crippen molar-refractivity contribution < 1.29 is 4.79 Å². The van der Waals surface area contributed by atoms with Crippen molar-refractivity contribution in [3.63, 3.8) is 0 Å². The lowest BCUT2D eigenvalue weighted by Crippen LogP contribution is -2.46. The van der Waals surface area contributed by atoms with Crippen LogP contribution >= 0.6 is 0 Å². The Kier molecular flexibility index (Phi) is 6.32. The van der Waals surface area contributed by atoms with Gasteiger partial charge in [0.05, 0.1) is 5.69 Å². The number of pyridine rings is 1. The lowest BCUT2D eigenvalue weighted by molar-refractivity contribution is -0.121. The third kappa shape index (κ3) is 4.78. The molecule has 0 radical (unpaired) electrons. The molecule has 1 aliphatic heterocycles. The third-order valence-electron chi connectivity index (χ3n) is 5.27. The normalized spacial score (nSPS) is 16.0. The van der Waals surface area contributed by atoms with Gasteiger partial charge >= 0.3 is 0 Å². The Hall–Kier alpha value is -2.57. The highest BCUT2D eigenvalue weighted by Crippen LogP contribution is 2.20. The number of aliphatic imine (C=N–C) groups is 1. The zero-order valence-corrected chi connectivity index (χ0v) is 16.5. The molecule has 7 heteroatoms. The lowest BCUT2D eigenvalue weighted by Gasteiger charge is -2.34. The Morgan fingerprint density at radius 1 is 1.37 bits per heavy atom. The van der Waals surface area contributed by atoms with E-state index < -0.39 is 0 Å². The van der Waals surface area contributed by atoms with E-state index in [1.807, 2.05) is 19.3 Å². The maximum absolute atomic E-state index is 11.5. The number of aryl methyl sites for hydroxylation is 1. The van der Waals surface area contributed by atoms with Gasteiger partial charge in [0, 0.05) is 59.0 Å². The molecule has 1 fully saturated rings. The van der Waals surface area contributed by atoms with Crippen molar-refractivity contribution in [3.05, 3.63) is 35.8 Å². The van der Waals surface area contributed by atoms with Crippen molar-refractivity contribution in [1.29, 1.82) is 0 Å². The SMILES string of the molecule is CN=C(NCCc1cn2cccc(C)c2n1)N1CCC(CC(=O)NC)CC1. The number of imidazole rings is 1. The van der Waals surface area contributed by atoms with Gasteiger partial charge < -0.3 is 19.9 Å². The molecule has 3 rings (SSSR count). The van der Waals surface area contributed by atoms with Crippen LogP contribution in [0.15, 0.2) is 29.5 Å². The van der Waals surface area contributed by atoms with Crippen molar-refractivity contribution in [1.82, 2.24) is 24.9 Å². The first-order chi connectivity index (χ1) is 13.1. The number of guanidine groups is 1. The number of amides is 1. The molecule has 1 amide bonds. The summed E-state index contributed by atoms with van der Waals surface area (Å²) in [5, 5.41) is 6.18. The van der Waals surface area contributed by atoms with E-state index in [0.717, 1.165) is 56.2 Å². The largest absolute Gasteiger partial charge is 0.359 e. The molecule has 7 nitrogen and oxygen atoms in total. The highest BCUT2D eigenvalue weighted by molar-refractivity contribution is 5.80. The molecule has 0 aliphatic carbocycles. The van der Waals surface area contributed by atoms with Gasteiger partial charge in [-0.2, -0.15) is 0 Å². The summed E-state index contributed by atoms with van der Waals surface area (Å²) in [6.07, 6.45) is 7.67. The monoisotopic (exact) mass is 370 g/mol.